The van der Waals surface area contributed by atoms with Crippen molar-refractivity contribution in [1.82, 2.24) is 0 Å². The van der Waals surface area contributed by atoms with Crippen LogP contribution in [0.15, 0.2) is 24.3 Å². The molecule has 1 unspecified atom stereocenters. The molecule has 0 saturated carbocycles. The molecule has 0 aliphatic heterocycles. The van der Waals surface area contributed by atoms with Gasteiger partial charge in [0.25, 0.3) is 0 Å². The second-order valence-electron chi connectivity index (χ2n) is 5.66. The van der Waals surface area contributed by atoms with E-state index in [2.05, 4.69) is 6.92 Å². The highest BCUT2D eigenvalue weighted by Gasteiger charge is 2.22. The molecule has 0 saturated heterocycles. The van der Waals surface area contributed by atoms with Crippen LogP contribution in [0.25, 0.3) is 0 Å². The molecule has 22 heavy (non-hydrogen) atoms. The Balaban J connectivity index is 2.43. The minimum absolute atomic E-state index is 0.374. The largest absolute Gasteiger partial charge is 0.479 e. The summed E-state index contributed by atoms with van der Waals surface area (Å²) in [5.74, 6) is -1.64. The van der Waals surface area contributed by atoms with E-state index in [1.165, 1.54) is 19.3 Å². The first-order valence-corrected chi connectivity index (χ1v) is 8.05. The Hall–Kier alpha value is -1.84. The van der Waals surface area contributed by atoms with Crippen molar-refractivity contribution < 1.29 is 19.4 Å². The van der Waals surface area contributed by atoms with Gasteiger partial charge in [0.15, 0.2) is 6.10 Å². The number of rotatable bonds is 10. The summed E-state index contributed by atoms with van der Waals surface area (Å²) < 4.78 is 5.14. The summed E-state index contributed by atoms with van der Waals surface area (Å²) in [5.41, 5.74) is 1.34. The Bertz CT molecular complexity index is 482. The summed E-state index contributed by atoms with van der Waals surface area (Å²) in [7, 11) is 0. The lowest BCUT2D eigenvalue weighted by Gasteiger charge is -2.14. The normalized spacial score (nSPS) is 11.9. The molecule has 0 aliphatic rings. The molecule has 0 aromatic heterocycles. The van der Waals surface area contributed by atoms with E-state index in [0.717, 1.165) is 24.8 Å². The van der Waals surface area contributed by atoms with Crippen molar-refractivity contribution in [2.45, 2.75) is 64.9 Å². The number of esters is 1. The maximum atomic E-state index is 12.0. The fourth-order valence-corrected chi connectivity index (χ4v) is 2.31. The van der Waals surface area contributed by atoms with E-state index in [-0.39, 0.29) is 0 Å². The number of ether oxygens (including phenoxy) is 1. The Morgan fingerprint density at radius 2 is 1.82 bits per heavy atom. The van der Waals surface area contributed by atoms with Crippen LogP contribution in [0.3, 0.4) is 0 Å². The van der Waals surface area contributed by atoms with Crippen LogP contribution in [0.4, 0.5) is 0 Å². The van der Waals surface area contributed by atoms with Gasteiger partial charge in [-0.25, -0.2) is 9.59 Å². The molecule has 1 N–H and O–H groups in total. The predicted molar refractivity (Wildman–Crippen MR) is 86.0 cm³/mol. The summed E-state index contributed by atoms with van der Waals surface area (Å²) in [4.78, 5) is 23.2. The fourth-order valence-electron chi connectivity index (χ4n) is 2.31. The van der Waals surface area contributed by atoms with Gasteiger partial charge in [0.1, 0.15) is 0 Å². The van der Waals surface area contributed by atoms with E-state index in [0.29, 0.717) is 12.0 Å². The van der Waals surface area contributed by atoms with E-state index >= 15 is 0 Å². The molecule has 1 rings (SSSR count). The fraction of sp³-hybridized carbons (Fsp3) is 0.556. The van der Waals surface area contributed by atoms with Gasteiger partial charge in [0.05, 0.1) is 5.56 Å². The molecule has 0 fully saturated rings. The monoisotopic (exact) mass is 306 g/mol. The quantitative estimate of drug-likeness (QED) is 0.515. The number of hydrogen-bond donors (Lipinski definition) is 1. The highest BCUT2D eigenvalue weighted by atomic mass is 16.6. The van der Waals surface area contributed by atoms with E-state index in [1.807, 2.05) is 13.0 Å². The number of benzene rings is 1. The number of unbranched alkanes of at least 4 members (excludes halogenated alkanes) is 5. The van der Waals surface area contributed by atoms with Gasteiger partial charge in [-0.3, -0.25) is 0 Å². The van der Waals surface area contributed by atoms with Crippen LogP contribution in [0.1, 0.15) is 67.8 Å². The lowest BCUT2D eigenvalue weighted by atomic mass is 10.1. The van der Waals surface area contributed by atoms with E-state index in [4.69, 9.17) is 4.74 Å². The number of hydrogen-bond acceptors (Lipinski definition) is 3. The van der Waals surface area contributed by atoms with Crippen LogP contribution in [-0.2, 0) is 9.53 Å². The predicted octanol–water partition coefficient (Wildman–Crippen LogP) is 4.36. The van der Waals surface area contributed by atoms with Gasteiger partial charge in [0, 0.05) is 0 Å². The minimum Gasteiger partial charge on any atom is -0.479 e. The molecule has 0 aliphatic carbocycles. The minimum atomic E-state index is -1.07. The molecule has 0 bridgehead atoms. The SMILES string of the molecule is CCCCCCCCC(OC(=O)c1cccc(C)c1)C(=O)O. The highest BCUT2D eigenvalue weighted by Crippen LogP contribution is 2.13. The van der Waals surface area contributed by atoms with Crippen LogP contribution in [-0.4, -0.2) is 23.1 Å². The zero-order valence-electron chi connectivity index (χ0n) is 13.5. The number of aliphatic carboxylic acids is 1. The maximum Gasteiger partial charge on any atom is 0.345 e. The lowest BCUT2D eigenvalue weighted by Crippen LogP contribution is -2.27. The van der Waals surface area contributed by atoms with Gasteiger partial charge in [-0.05, 0) is 31.9 Å². The van der Waals surface area contributed by atoms with Crippen molar-refractivity contribution in [2.24, 2.45) is 0 Å². The van der Waals surface area contributed by atoms with Crippen molar-refractivity contribution in [2.75, 3.05) is 0 Å². The molecule has 1 aromatic carbocycles. The number of carbonyl (C=O) groups is 2. The van der Waals surface area contributed by atoms with Crippen molar-refractivity contribution in [1.29, 1.82) is 0 Å². The molecule has 4 nitrogen and oxygen atoms in total. The van der Waals surface area contributed by atoms with E-state index in [9.17, 15) is 14.7 Å². The molecular weight excluding hydrogens is 280 g/mol. The third-order valence-corrected chi connectivity index (χ3v) is 3.60. The molecule has 1 atom stereocenters. The molecule has 0 amide bonds. The first-order valence-electron chi connectivity index (χ1n) is 8.05. The summed E-state index contributed by atoms with van der Waals surface area (Å²) in [5, 5.41) is 9.19. The van der Waals surface area contributed by atoms with Gasteiger partial charge in [-0.1, -0.05) is 56.7 Å². The number of aryl methyl sites for hydroxylation is 1. The van der Waals surface area contributed by atoms with Gasteiger partial charge in [0.2, 0.25) is 0 Å². The average molecular weight is 306 g/mol. The van der Waals surface area contributed by atoms with Crippen LogP contribution in [0, 0.1) is 6.92 Å². The highest BCUT2D eigenvalue weighted by molar-refractivity contribution is 5.91. The second kappa shape index (κ2) is 9.98. The van der Waals surface area contributed by atoms with Gasteiger partial charge >= 0.3 is 11.9 Å². The Morgan fingerprint density at radius 3 is 2.45 bits per heavy atom. The van der Waals surface area contributed by atoms with Crippen molar-refractivity contribution in [3.05, 3.63) is 35.4 Å². The van der Waals surface area contributed by atoms with Gasteiger partial charge < -0.3 is 9.84 Å². The molecular formula is C18H26O4. The van der Waals surface area contributed by atoms with E-state index in [1.54, 1.807) is 18.2 Å². The van der Waals surface area contributed by atoms with Crippen LogP contribution < -0.4 is 0 Å². The van der Waals surface area contributed by atoms with Gasteiger partial charge in [-0.2, -0.15) is 0 Å². The first kappa shape index (κ1) is 18.2. The third-order valence-electron chi connectivity index (χ3n) is 3.60. The Kier molecular flexibility index (Phi) is 8.26. The molecule has 0 radical (unpaired) electrons. The standard InChI is InChI=1S/C18H26O4/c1-3-4-5-6-7-8-12-16(17(19)20)22-18(21)15-11-9-10-14(2)13-15/h9-11,13,16H,3-8,12H2,1-2H3,(H,19,20). The zero-order chi connectivity index (χ0) is 16.4. The number of carboxylic acid groups (broad SMARTS) is 1. The number of carbonyl (C=O) groups excluding carboxylic acids is 1. The van der Waals surface area contributed by atoms with Crippen LogP contribution in [0.2, 0.25) is 0 Å². The molecule has 1 aromatic rings. The van der Waals surface area contributed by atoms with Gasteiger partial charge in [-0.15, -0.1) is 0 Å². The Morgan fingerprint density at radius 1 is 1.14 bits per heavy atom. The third kappa shape index (κ3) is 6.74. The van der Waals surface area contributed by atoms with Crippen molar-refractivity contribution >= 4 is 11.9 Å². The van der Waals surface area contributed by atoms with Crippen molar-refractivity contribution in [3.8, 4) is 0 Å². The summed E-state index contributed by atoms with van der Waals surface area (Å²) in [6, 6.07) is 6.97. The topological polar surface area (TPSA) is 63.6 Å². The summed E-state index contributed by atoms with van der Waals surface area (Å²) in [6.45, 7) is 4.03. The van der Waals surface area contributed by atoms with Crippen LogP contribution >= 0.6 is 0 Å². The first-order chi connectivity index (χ1) is 10.5. The average Bonchev–Trinajstić information content (AvgIpc) is 2.49. The zero-order valence-corrected chi connectivity index (χ0v) is 13.5. The van der Waals surface area contributed by atoms with E-state index < -0.39 is 18.0 Å². The van der Waals surface area contributed by atoms with Crippen molar-refractivity contribution in [3.63, 3.8) is 0 Å². The molecule has 4 heteroatoms. The molecule has 122 valence electrons. The van der Waals surface area contributed by atoms with Crippen LogP contribution in [0.5, 0.6) is 0 Å². The second-order valence-corrected chi connectivity index (χ2v) is 5.66. The smallest absolute Gasteiger partial charge is 0.345 e. The number of carboxylic acids is 1. The summed E-state index contributed by atoms with van der Waals surface area (Å²) in [6.07, 6.45) is 5.74. The Labute approximate surface area is 132 Å². The molecule has 0 heterocycles. The summed E-state index contributed by atoms with van der Waals surface area (Å²) >= 11 is 0. The maximum absolute atomic E-state index is 12.0. The molecule has 0 spiro atoms. The lowest BCUT2D eigenvalue weighted by molar-refractivity contribution is -0.147.